The van der Waals surface area contributed by atoms with Crippen molar-refractivity contribution in [1.29, 1.82) is 0 Å². The lowest BCUT2D eigenvalue weighted by molar-refractivity contribution is 0.480. The van der Waals surface area contributed by atoms with E-state index >= 15 is 0 Å². The molecule has 0 amide bonds. The minimum absolute atomic E-state index is 0.546. The van der Waals surface area contributed by atoms with Crippen LogP contribution in [-0.2, 0) is 6.42 Å². The van der Waals surface area contributed by atoms with Crippen molar-refractivity contribution in [2.24, 2.45) is 0 Å². The Kier molecular flexibility index (Phi) is 3.96. The van der Waals surface area contributed by atoms with Gasteiger partial charge >= 0.3 is 0 Å². The molecular formula is C10H19N3. The number of imidazole rings is 1. The number of nitrogens with one attached hydrogen (secondary N) is 1. The van der Waals surface area contributed by atoms with Crippen LogP contribution in [0.15, 0.2) is 12.4 Å². The van der Waals surface area contributed by atoms with Crippen LogP contribution in [0.5, 0.6) is 0 Å². The Bertz CT molecular complexity index is 242. The molecule has 1 unspecified atom stereocenters. The van der Waals surface area contributed by atoms with Gasteiger partial charge in [0.05, 0.1) is 0 Å². The molecule has 0 fully saturated rings. The molecular weight excluding hydrogens is 162 g/mol. The van der Waals surface area contributed by atoms with Gasteiger partial charge in [-0.25, -0.2) is 4.98 Å². The summed E-state index contributed by atoms with van der Waals surface area (Å²) in [6.07, 6.45) is 6.12. The van der Waals surface area contributed by atoms with E-state index < -0.39 is 0 Å². The molecule has 0 aliphatic carbocycles. The first-order chi connectivity index (χ1) is 6.29. The van der Waals surface area contributed by atoms with Gasteiger partial charge in [-0.15, -0.1) is 0 Å². The third-order valence-corrected chi connectivity index (χ3v) is 2.35. The predicted molar refractivity (Wildman–Crippen MR) is 54.9 cm³/mol. The fraction of sp³-hybridized carbons (Fsp3) is 0.700. The number of nitrogens with zero attached hydrogens (tertiary/aromatic N) is 2. The minimum atomic E-state index is 0.546. The van der Waals surface area contributed by atoms with Crippen molar-refractivity contribution in [2.45, 2.75) is 32.7 Å². The zero-order valence-corrected chi connectivity index (χ0v) is 8.75. The van der Waals surface area contributed by atoms with Crippen molar-refractivity contribution >= 4 is 0 Å². The third kappa shape index (κ3) is 2.56. The second-order valence-corrected chi connectivity index (χ2v) is 3.35. The molecule has 1 atom stereocenters. The van der Waals surface area contributed by atoms with Gasteiger partial charge in [-0.05, 0) is 26.9 Å². The van der Waals surface area contributed by atoms with Gasteiger partial charge in [0.2, 0.25) is 0 Å². The molecule has 0 aliphatic rings. The molecule has 1 aromatic heterocycles. The highest BCUT2D eigenvalue weighted by atomic mass is 15.1. The van der Waals surface area contributed by atoms with E-state index in [-0.39, 0.29) is 0 Å². The van der Waals surface area contributed by atoms with E-state index in [2.05, 4.69) is 34.9 Å². The Hall–Kier alpha value is -0.830. The summed E-state index contributed by atoms with van der Waals surface area (Å²) in [5, 5.41) is 3.16. The SMILES string of the molecule is CCc1nccn1C(C)CCNC. The second-order valence-electron chi connectivity index (χ2n) is 3.35. The van der Waals surface area contributed by atoms with Gasteiger partial charge in [0.1, 0.15) is 5.82 Å². The summed E-state index contributed by atoms with van der Waals surface area (Å²) in [6.45, 7) is 5.43. The van der Waals surface area contributed by atoms with Crippen molar-refractivity contribution in [1.82, 2.24) is 14.9 Å². The summed E-state index contributed by atoms with van der Waals surface area (Å²) in [7, 11) is 1.99. The lowest BCUT2D eigenvalue weighted by Crippen LogP contribution is -2.15. The van der Waals surface area contributed by atoms with Crippen LogP contribution in [0.2, 0.25) is 0 Å². The number of rotatable bonds is 5. The lowest BCUT2D eigenvalue weighted by Gasteiger charge is -2.15. The van der Waals surface area contributed by atoms with E-state index in [9.17, 15) is 0 Å². The largest absolute Gasteiger partial charge is 0.332 e. The number of aryl methyl sites for hydroxylation is 1. The summed E-state index contributed by atoms with van der Waals surface area (Å²) in [5.74, 6) is 1.18. The Labute approximate surface area is 80.2 Å². The van der Waals surface area contributed by atoms with Crippen molar-refractivity contribution in [2.75, 3.05) is 13.6 Å². The zero-order valence-electron chi connectivity index (χ0n) is 8.75. The van der Waals surface area contributed by atoms with Crippen molar-refractivity contribution in [3.05, 3.63) is 18.2 Å². The van der Waals surface area contributed by atoms with Crippen molar-refractivity contribution in [3.63, 3.8) is 0 Å². The first kappa shape index (κ1) is 10.3. The van der Waals surface area contributed by atoms with Crippen LogP contribution < -0.4 is 5.32 Å². The van der Waals surface area contributed by atoms with Gasteiger partial charge in [0, 0.05) is 24.9 Å². The molecule has 13 heavy (non-hydrogen) atoms. The maximum absolute atomic E-state index is 4.31. The molecule has 0 aromatic carbocycles. The van der Waals surface area contributed by atoms with E-state index in [1.165, 1.54) is 5.82 Å². The van der Waals surface area contributed by atoms with Gasteiger partial charge in [-0.3, -0.25) is 0 Å². The van der Waals surface area contributed by atoms with Crippen molar-refractivity contribution in [3.8, 4) is 0 Å². The molecule has 1 aromatic rings. The normalized spacial score (nSPS) is 13.2. The fourth-order valence-electron chi connectivity index (χ4n) is 1.51. The molecule has 0 saturated carbocycles. The molecule has 1 heterocycles. The van der Waals surface area contributed by atoms with Crippen LogP contribution in [0.4, 0.5) is 0 Å². The Morgan fingerprint density at radius 3 is 3.00 bits per heavy atom. The van der Waals surface area contributed by atoms with Crippen LogP contribution in [0.25, 0.3) is 0 Å². The summed E-state index contributed by atoms with van der Waals surface area (Å²) in [6, 6.07) is 0.546. The fourth-order valence-corrected chi connectivity index (χ4v) is 1.51. The van der Waals surface area contributed by atoms with Crippen LogP contribution in [0.1, 0.15) is 32.1 Å². The zero-order chi connectivity index (χ0) is 9.68. The molecule has 0 aliphatic heterocycles. The van der Waals surface area contributed by atoms with Crippen LogP contribution in [0, 0.1) is 0 Å². The molecule has 0 spiro atoms. The van der Waals surface area contributed by atoms with E-state index in [0.717, 1.165) is 19.4 Å². The minimum Gasteiger partial charge on any atom is -0.332 e. The van der Waals surface area contributed by atoms with E-state index in [4.69, 9.17) is 0 Å². The summed E-state index contributed by atoms with van der Waals surface area (Å²) < 4.78 is 2.26. The Morgan fingerprint density at radius 1 is 1.62 bits per heavy atom. The average molecular weight is 181 g/mol. The molecule has 0 bridgehead atoms. The standard InChI is InChI=1S/C10H19N3/c1-4-10-12-7-8-13(10)9(2)5-6-11-3/h7-9,11H,4-6H2,1-3H3. The number of hydrogen-bond acceptors (Lipinski definition) is 2. The maximum Gasteiger partial charge on any atom is 0.108 e. The van der Waals surface area contributed by atoms with Crippen LogP contribution in [-0.4, -0.2) is 23.1 Å². The number of hydrogen-bond donors (Lipinski definition) is 1. The molecule has 1 rings (SSSR count). The predicted octanol–water partition coefficient (Wildman–Crippen LogP) is 1.62. The quantitative estimate of drug-likeness (QED) is 0.748. The molecule has 74 valence electrons. The van der Waals surface area contributed by atoms with Gasteiger partial charge in [-0.1, -0.05) is 6.92 Å². The first-order valence-electron chi connectivity index (χ1n) is 4.95. The molecule has 3 nitrogen and oxygen atoms in total. The summed E-state index contributed by atoms with van der Waals surface area (Å²) in [5.41, 5.74) is 0. The highest BCUT2D eigenvalue weighted by Crippen LogP contribution is 2.12. The van der Waals surface area contributed by atoms with Gasteiger partial charge < -0.3 is 9.88 Å². The summed E-state index contributed by atoms with van der Waals surface area (Å²) in [4.78, 5) is 4.31. The van der Waals surface area contributed by atoms with E-state index in [1.807, 2.05) is 13.2 Å². The van der Waals surface area contributed by atoms with Gasteiger partial charge in [0.15, 0.2) is 0 Å². The third-order valence-electron chi connectivity index (χ3n) is 2.35. The van der Waals surface area contributed by atoms with Crippen LogP contribution in [0.3, 0.4) is 0 Å². The molecule has 3 heteroatoms. The van der Waals surface area contributed by atoms with E-state index in [0.29, 0.717) is 6.04 Å². The highest BCUT2D eigenvalue weighted by molar-refractivity contribution is 4.94. The van der Waals surface area contributed by atoms with Crippen LogP contribution >= 0.6 is 0 Å². The highest BCUT2D eigenvalue weighted by Gasteiger charge is 2.07. The first-order valence-corrected chi connectivity index (χ1v) is 4.95. The Morgan fingerprint density at radius 2 is 2.38 bits per heavy atom. The molecule has 1 N–H and O–H groups in total. The smallest absolute Gasteiger partial charge is 0.108 e. The van der Waals surface area contributed by atoms with Crippen molar-refractivity contribution < 1.29 is 0 Å². The monoisotopic (exact) mass is 181 g/mol. The number of aromatic nitrogens is 2. The van der Waals surface area contributed by atoms with E-state index in [1.54, 1.807) is 0 Å². The second kappa shape index (κ2) is 5.02. The molecule has 0 radical (unpaired) electrons. The van der Waals surface area contributed by atoms with Gasteiger partial charge in [-0.2, -0.15) is 0 Å². The lowest BCUT2D eigenvalue weighted by atomic mass is 10.2. The maximum atomic E-state index is 4.31. The van der Waals surface area contributed by atoms with Gasteiger partial charge in [0.25, 0.3) is 0 Å². The molecule has 0 saturated heterocycles. The topological polar surface area (TPSA) is 29.9 Å². The average Bonchev–Trinajstić information content (AvgIpc) is 2.61. The summed E-state index contributed by atoms with van der Waals surface area (Å²) >= 11 is 0. The Balaban J connectivity index is 2.59.